The zero-order valence-corrected chi connectivity index (χ0v) is 25.0. The van der Waals surface area contributed by atoms with Crippen LogP contribution < -0.4 is 18.9 Å². The maximum absolute atomic E-state index is 9.76. The fourth-order valence-corrected chi connectivity index (χ4v) is 7.96. The van der Waals surface area contributed by atoms with E-state index < -0.39 is 5.41 Å². The summed E-state index contributed by atoms with van der Waals surface area (Å²) in [7, 11) is 0. The summed E-state index contributed by atoms with van der Waals surface area (Å²) in [6.45, 7) is 8.89. The molecule has 0 radical (unpaired) electrons. The van der Waals surface area contributed by atoms with Gasteiger partial charge in [-0.25, -0.2) is 0 Å². The number of nitrogens with zero attached hydrogens (tertiary/aromatic N) is 4. The molecule has 0 saturated carbocycles. The molecule has 8 heteroatoms. The highest BCUT2D eigenvalue weighted by molar-refractivity contribution is 5.72. The van der Waals surface area contributed by atoms with E-state index in [0.29, 0.717) is 34.1 Å². The Kier molecular flexibility index (Phi) is 5.08. The molecule has 1 spiro atoms. The molecule has 0 unspecified atom stereocenters. The lowest BCUT2D eigenvalue weighted by molar-refractivity contribution is 0.347. The molecule has 0 aromatic heterocycles. The van der Waals surface area contributed by atoms with Gasteiger partial charge in [-0.3, -0.25) is 0 Å². The topological polar surface area (TPSA) is 132 Å². The number of nitriles is 4. The lowest BCUT2D eigenvalue weighted by Crippen LogP contribution is -2.27. The van der Waals surface area contributed by atoms with Crippen molar-refractivity contribution in [2.75, 3.05) is 0 Å². The molecule has 4 aliphatic rings. The summed E-state index contributed by atoms with van der Waals surface area (Å²) in [5, 5.41) is 38.9. The Morgan fingerprint density at radius 2 is 0.733 bits per heavy atom. The first-order valence-electron chi connectivity index (χ1n) is 14.6. The van der Waals surface area contributed by atoms with Crippen LogP contribution in [0.15, 0.2) is 48.5 Å². The SMILES string of the molecule is CC1(C)CC2(CC(C)(C)c3cc4c(cc32)Oc2c(C#N)ccc(C#N)c2O4)c2cc3c(cc21)Oc1c(C#N)ccc(C#N)c1O3. The minimum Gasteiger partial charge on any atom is -0.448 e. The van der Waals surface area contributed by atoms with Gasteiger partial charge in [-0.2, -0.15) is 21.0 Å². The number of benzene rings is 4. The van der Waals surface area contributed by atoms with Crippen LogP contribution in [-0.4, -0.2) is 0 Å². The molecular formula is C37H24N4O4. The second-order valence-electron chi connectivity index (χ2n) is 13.4. The van der Waals surface area contributed by atoms with Crippen molar-refractivity contribution < 1.29 is 18.9 Å². The van der Waals surface area contributed by atoms with Crippen molar-refractivity contribution in [3.63, 3.8) is 0 Å². The molecule has 0 atom stereocenters. The first kappa shape index (κ1) is 26.7. The third-order valence-electron chi connectivity index (χ3n) is 9.70. The van der Waals surface area contributed by atoms with Crippen LogP contribution in [0.4, 0.5) is 0 Å². The van der Waals surface area contributed by atoms with Gasteiger partial charge in [0.1, 0.15) is 24.3 Å². The highest BCUT2D eigenvalue weighted by Gasteiger charge is 2.57. The fourth-order valence-electron chi connectivity index (χ4n) is 7.96. The van der Waals surface area contributed by atoms with Gasteiger partial charge >= 0.3 is 0 Å². The second kappa shape index (κ2) is 8.57. The summed E-state index contributed by atoms with van der Waals surface area (Å²) in [6, 6.07) is 23.0. The zero-order chi connectivity index (χ0) is 31.5. The summed E-state index contributed by atoms with van der Waals surface area (Å²) in [6.07, 6.45) is 1.62. The standard InChI is InChI=1S/C37H24N4O4/c1-35(2)17-37(25-11-29-27(9-23(25)35)42-31-19(13-38)5-7-21(15-40)33(31)44-29)18-36(3,4)24-10-28-30(12-26(24)37)45-34-22(16-41)8-6-20(14-39)32(34)43-28/h5-12H,17-18H2,1-4H3. The fraction of sp³-hybridized carbons (Fsp3) is 0.243. The van der Waals surface area contributed by atoms with Crippen molar-refractivity contribution in [2.45, 2.75) is 56.8 Å². The number of hydrogen-bond acceptors (Lipinski definition) is 8. The Hall–Kier alpha value is -5.96. The van der Waals surface area contributed by atoms with E-state index in [-0.39, 0.29) is 45.0 Å². The predicted octanol–water partition coefficient (Wildman–Crippen LogP) is 8.62. The largest absolute Gasteiger partial charge is 0.448 e. The van der Waals surface area contributed by atoms with Gasteiger partial charge in [-0.05, 0) is 94.5 Å². The van der Waals surface area contributed by atoms with Crippen LogP contribution in [0.5, 0.6) is 46.0 Å². The molecule has 4 aromatic carbocycles. The van der Waals surface area contributed by atoms with E-state index in [0.717, 1.165) is 35.1 Å². The Morgan fingerprint density at radius 1 is 0.467 bits per heavy atom. The van der Waals surface area contributed by atoms with Crippen molar-refractivity contribution >= 4 is 0 Å². The summed E-state index contributed by atoms with van der Waals surface area (Å²) in [5.41, 5.74) is 4.75. The van der Waals surface area contributed by atoms with E-state index in [2.05, 4.69) is 52.0 Å². The summed E-state index contributed by atoms with van der Waals surface area (Å²) in [5.74, 6) is 2.98. The predicted molar refractivity (Wildman–Crippen MR) is 161 cm³/mol. The van der Waals surface area contributed by atoms with Crippen LogP contribution in [-0.2, 0) is 16.2 Å². The molecule has 0 bridgehead atoms. The van der Waals surface area contributed by atoms with E-state index in [1.165, 1.54) is 0 Å². The molecule has 0 N–H and O–H groups in total. The highest BCUT2D eigenvalue weighted by Crippen LogP contribution is 2.66. The number of fused-ring (bicyclic) bond motifs is 8. The molecule has 8 nitrogen and oxygen atoms in total. The van der Waals surface area contributed by atoms with Crippen molar-refractivity contribution in [3.8, 4) is 70.3 Å². The van der Waals surface area contributed by atoms with Crippen molar-refractivity contribution in [1.82, 2.24) is 0 Å². The van der Waals surface area contributed by atoms with Crippen molar-refractivity contribution in [3.05, 3.63) is 93.0 Å². The van der Waals surface area contributed by atoms with E-state index in [4.69, 9.17) is 18.9 Å². The minimum atomic E-state index is -0.409. The van der Waals surface area contributed by atoms with Crippen LogP contribution in [0.1, 0.15) is 85.0 Å². The van der Waals surface area contributed by atoms with Gasteiger partial charge in [0.2, 0.25) is 0 Å². The van der Waals surface area contributed by atoms with Gasteiger partial charge in [0.25, 0.3) is 0 Å². The molecule has 216 valence electrons. The summed E-state index contributed by atoms with van der Waals surface area (Å²) >= 11 is 0. The molecule has 2 heterocycles. The first-order chi connectivity index (χ1) is 21.5. The molecule has 0 fully saturated rings. The minimum absolute atomic E-state index is 0.241. The molecule has 0 amide bonds. The van der Waals surface area contributed by atoms with Gasteiger partial charge in [0.05, 0.1) is 22.3 Å². The lowest BCUT2D eigenvalue weighted by atomic mass is 9.72. The van der Waals surface area contributed by atoms with E-state index in [1.54, 1.807) is 24.3 Å². The van der Waals surface area contributed by atoms with Crippen LogP contribution in [0.25, 0.3) is 0 Å². The van der Waals surface area contributed by atoms with Gasteiger partial charge in [0, 0.05) is 5.41 Å². The normalized spacial score (nSPS) is 17.4. The molecule has 0 saturated heterocycles. The average molecular weight is 589 g/mol. The maximum atomic E-state index is 9.76. The van der Waals surface area contributed by atoms with Crippen LogP contribution in [0.2, 0.25) is 0 Å². The monoisotopic (exact) mass is 588 g/mol. The number of hydrogen-bond donors (Lipinski definition) is 0. The van der Waals surface area contributed by atoms with E-state index in [9.17, 15) is 21.0 Å². The van der Waals surface area contributed by atoms with Gasteiger partial charge in [-0.15, -0.1) is 0 Å². The Labute approximate surface area is 259 Å². The average Bonchev–Trinajstić information content (AvgIpc) is 3.38. The summed E-state index contributed by atoms with van der Waals surface area (Å²) < 4.78 is 25.3. The zero-order valence-electron chi connectivity index (χ0n) is 25.0. The number of rotatable bonds is 0. The maximum Gasteiger partial charge on any atom is 0.189 e. The Morgan fingerprint density at radius 3 is 1.00 bits per heavy atom. The first-order valence-corrected chi connectivity index (χ1v) is 14.6. The van der Waals surface area contributed by atoms with Gasteiger partial charge in [0.15, 0.2) is 46.0 Å². The molecule has 2 aliphatic carbocycles. The summed E-state index contributed by atoms with van der Waals surface area (Å²) in [4.78, 5) is 0. The molecular weight excluding hydrogens is 564 g/mol. The third-order valence-corrected chi connectivity index (χ3v) is 9.70. The Balaban J connectivity index is 1.31. The van der Waals surface area contributed by atoms with Gasteiger partial charge in [-0.1, -0.05) is 27.7 Å². The Bertz CT molecular complexity index is 2080. The molecule has 4 aromatic rings. The molecule has 2 aliphatic heterocycles. The van der Waals surface area contributed by atoms with Crippen LogP contribution >= 0.6 is 0 Å². The highest BCUT2D eigenvalue weighted by atomic mass is 16.6. The molecule has 45 heavy (non-hydrogen) atoms. The van der Waals surface area contributed by atoms with Crippen LogP contribution in [0.3, 0.4) is 0 Å². The van der Waals surface area contributed by atoms with E-state index >= 15 is 0 Å². The van der Waals surface area contributed by atoms with Crippen LogP contribution in [0, 0.1) is 45.3 Å². The van der Waals surface area contributed by atoms with Crippen molar-refractivity contribution in [1.29, 1.82) is 21.0 Å². The molecule has 8 rings (SSSR count). The lowest BCUT2D eigenvalue weighted by Gasteiger charge is -2.31. The second-order valence-corrected chi connectivity index (χ2v) is 13.4. The third kappa shape index (κ3) is 3.43. The smallest absolute Gasteiger partial charge is 0.189 e. The van der Waals surface area contributed by atoms with Gasteiger partial charge < -0.3 is 18.9 Å². The quantitative estimate of drug-likeness (QED) is 0.172. The number of ether oxygens (including phenoxy) is 4. The van der Waals surface area contributed by atoms with E-state index in [1.807, 2.05) is 24.3 Å². The van der Waals surface area contributed by atoms with Crippen molar-refractivity contribution in [2.24, 2.45) is 0 Å².